The minimum Gasteiger partial charge on any atom is -0.508 e. The Hall–Kier alpha value is -2.74. The van der Waals surface area contributed by atoms with Crippen molar-refractivity contribution in [2.75, 3.05) is 6.61 Å². The molecule has 1 heterocycles. The summed E-state index contributed by atoms with van der Waals surface area (Å²) in [5, 5.41) is 9.86. The molecular weight excluding hydrogens is 308 g/mol. The number of ether oxygens (including phenoxy) is 1. The Morgan fingerprint density at radius 2 is 1.60 bits per heavy atom. The highest BCUT2D eigenvalue weighted by molar-refractivity contribution is 5.45. The van der Waals surface area contributed by atoms with Crippen LogP contribution in [0.1, 0.15) is 34.9 Å². The van der Waals surface area contributed by atoms with E-state index >= 15 is 0 Å². The maximum Gasteiger partial charge on any atom is 0.126 e. The van der Waals surface area contributed by atoms with Gasteiger partial charge in [0.25, 0.3) is 0 Å². The summed E-state index contributed by atoms with van der Waals surface area (Å²) in [5.41, 5.74) is 3.87. The zero-order valence-corrected chi connectivity index (χ0v) is 14.1. The summed E-state index contributed by atoms with van der Waals surface area (Å²) >= 11 is 0. The molecule has 2 heteroatoms. The standard InChI is InChI=1S/C23H22O2/c24-19-11-12-21-22(15-17-7-3-1-4-8-17)20(13-14-25-23(21)16-19)18-9-5-2-6-10-18/h1-12,16,20,22,24H,13-15H2. The molecule has 0 amide bonds. The maximum absolute atomic E-state index is 9.86. The van der Waals surface area contributed by atoms with Crippen LogP contribution in [-0.4, -0.2) is 11.7 Å². The first-order chi connectivity index (χ1) is 12.3. The molecule has 0 spiro atoms. The molecule has 0 aromatic heterocycles. The molecule has 3 aromatic rings. The minimum absolute atomic E-state index is 0.260. The highest BCUT2D eigenvalue weighted by Crippen LogP contribution is 2.44. The fourth-order valence-electron chi connectivity index (χ4n) is 3.89. The van der Waals surface area contributed by atoms with Crippen LogP contribution in [0.25, 0.3) is 0 Å². The van der Waals surface area contributed by atoms with E-state index in [4.69, 9.17) is 4.74 Å². The van der Waals surface area contributed by atoms with Gasteiger partial charge in [0.2, 0.25) is 0 Å². The molecule has 0 bridgehead atoms. The van der Waals surface area contributed by atoms with Gasteiger partial charge in [-0.05, 0) is 47.4 Å². The molecule has 2 nitrogen and oxygen atoms in total. The number of fused-ring (bicyclic) bond motifs is 1. The van der Waals surface area contributed by atoms with E-state index in [1.807, 2.05) is 6.07 Å². The zero-order chi connectivity index (χ0) is 17.1. The molecule has 0 fully saturated rings. The average Bonchev–Trinajstić information content (AvgIpc) is 2.82. The topological polar surface area (TPSA) is 29.5 Å². The zero-order valence-electron chi connectivity index (χ0n) is 14.1. The molecule has 0 saturated carbocycles. The smallest absolute Gasteiger partial charge is 0.126 e. The van der Waals surface area contributed by atoms with E-state index in [1.165, 1.54) is 16.7 Å². The van der Waals surface area contributed by atoms with Crippen LogP contribution in [0.3, 0.4) is 0 Å². The van der Waals surface area contributed by atoms with Crippen LogP contribution in [0.5, 0.6) is 11.5 Å². The lowest BCUT2D eigenvalue weighted by atomic mass is 9.76. The molecule has 1 aliphatic heterocycles. The molecule has 1 N–H and O–H groups in total. The van der Waals surface area contributed by atoms with Crippen LogP contribution < -0.4 is 4.74 Å². The highest BCUT2D eigenvalue weighted by Gasteiger charge is 2.30. The van der Waals surface area contributed by atoms with Crippen LogP contribution in [0.2, 0.25) is 0 Å². The van der Waals surface area contributed by atoms with Gasteiger partial charge in [-0.25, -0.2) is 0 Å². The molecule has 126 valence electrons. The van der Waals surface area contributed by atoms with Gasteiger partial charge in [-0.3, -0.25) is 0 Å². The Morgan fingerprint density at radius 3 is 2.36 bits per heavy atom. The summed E-state index contributed by atoms with van der Waals surface area (Å²) in [5.74, 6) is 1.80. The van der Waals surface area contributed by atoms with Gasteiger partial charge in [-0.2, -0.15) is 0 Å². The van der Waals surface area contributed by atoms with Gasteiger partial charge in [0.05, 0.1) is 6.61 Å². The third-order valence-corrected chi connectivity index (χ3v) is 5.09. The summed E-state index contributed by atoms with van der Waals surface area (Å²) < 4.78 is 5.99. The first kappa shape index (κ1) is 15.8. The second-order valence-electron chi connectivity index (χ2n) is 6.67. The lowest BCUT2D eigenvalue weighted by Gasteiger charge is -2.26. The summed E-state index contributed by atoms with van der Waals surface area (Å²) in [4.78, 5) is 0. The monoisotopic (exact) mass is 330 g/mol. The second-order valence-corrected chi connectivity index (χ2v) is 6.67. The van der Waals surface area contributed by atoms with E-state index in [2.05, 4.69) is 60.7 Å². The molecule has 0 saturated heterocycles. The van der Waals surface area contributed by atoms with Crippen LogP contribution in [0.4, 0.5) is 0 Å². The summed E-state index contributed by atoms with van der Waals surface area (Å²) in [7, 11) is 0. The van der Waals surface area contributed by atoms with Crippen molar-refractivity contribution in [1.82, 2.24) is 0 Å². The van der Waals surface area contributed by atoms with Crippen LogP contribution in [-0.2, 0) is 6.42 Å². The van der Waals surface area contributed by atoms with Crippen molar-refractivity contribution >= 4 is 0 Å². The number of hydrogen-bond donors (Lipinski definition) is 1. The minimum atomic E-state index is 0.260. The quantitative estimate of drug-likeness (QED) is 0.707. The van der Waals surface area contributed by atoms with E-state index < -0.39 is 0 Å². The molecule has 3 aromatic carbocycles. The van der Waals surface area contributed by atoms with Crippen molar-refractivity contribution in [2.45, 2.75) is 24.7 Å². The van der Waals surface area contributed by atoms with E-state index in [1.54, 1.807) is 12.1 Å². The van der Waals surface area contributed by atoms with Gasteiger partial charge in [0.1, 0.15) is 11.5 Å². The summed E-state index contributed by atoms with van der Waals surface area (Å²) in [6.07, 6.45) is 1.93. The van der Waals surface area contributed by atoms with E-state index in [0.717, 1.165) is 18.6 Å². The van der Waals surface area contributed by atoms with Gasteiger partial charge in [-0.1, -0.05) is 66.7 Å². The number of phenolic OH excluding ortho intramolecular Hbond substituents is 1. The number of hydrogen-bond acceptors (Lipinski definition) is 2. The fraction of sp³-hybridized carbons (Fsp3) is 0.217. The van der Waals surface area contributed by atoms with Gasteiger partial charge < -0.3 is 9.84 Å². The van der Waals surface area contributed by atoms with E-state index in [0.29, 0.717) is 18.4 Å². The first-order valence-corrected chi connectivity index (χ1v) is 8.86. The lowest BCUT2D eigenvalue weighted by Crippen LogP contribution is -2.14. The SMILES string of the molecule is Oc1ccc2c(c1)OCCC(c1ccccc1)C2Cc1ccccc1. The lowest BCUT2D eigenvalue weighted by molar-refractivity contribution is 0.306. The summed E-state index contributed by atoms with van der Waals surface area (Å²) in [6.45, 7) is 0.668. The molecular formula is C23H22O2. The predicted octanol–water partition coefficient (Wildman–Crippen LogP) is 5.28. The number of benzene rings is 3. The van der Waals surface area contributed by atoms with Crippen molar-refractivity contribution in [3.05, 3.63) is 95.6 Å². The maximum atomic E-state index is 9.86. The molecule has 4 rings (SSSR count). The van der Waals surface area contributed by atoms with Gasteiger partial charge >= 0.3 is 0 Å². The van der Waals surface area contributed by atoms with Crippen LogP contribution in [0.15, 0.2) is 78.9 Å². The predicted molar refractivity (Wildman–Crippen MR) is 100 cm³/mol. The molecule has 1 aliphatic rings. The third kappa shape index (κ3) is 3.39. The average molecular weight is 330 g/mol. The van der Waals surface area contributed by atoms with E-state index in [9.17, 15) is 5.11 Å². The highest BCUT2D eigenvalue weighted by atomic mass is 16.5. The third-order valence-electron chi connectivity index (χ3n) is 5.09. The van der Waals surface area contributed by atoms with Gasteiger partial charge in [-0.15, -0.1) is 0 Å². The fourth-order valence-corrected chi connectivity index (χ4v) is 3.89. The van der Waals surface area contributed by atoms with Crippen LogP contribution in [0, 0.1) is 0 Å². The van der Waals surface area contributed by atoms with Gasteiger partial charge in [0.15, 0.2) is 0 Å². The van der Waals surface area contributed by atoms with E-state index in [-0.39, 0.29) is 5.75 Å². The van der Waals surface area contributed by atoms with Gasteiger partial charge in [0, 0.05) is 6.07 Å². The molecule has 2 atom stereocenters. The molecule has 25 heavy (non-hydrogen) atoms. The summed E-state index contributed by atoms with van der Waals surface area (Å²) in [6, 6.07) is 26.9. The normalized spacial score (nSPS) is 19.5. The Kier molecular flexibility index (Phi) is 4.43. The molecule has 2 unspecified atom stereocenters. The molecule has 0 aliphatic carbocycles. The molecule has 0 radical (unpaired) electrons. The largest absolute Gasteiger partial charge is 0.508 e. The number of aromatic hydroxyl groups is 1. The Balaban J connectivity index is 1.78. The number of phenols is 1. The Labute approximate surface area is 148 Å². The second kappa shape index (κ2) is 7.02. The number of rotatable bonds is 3. The first-order valence-electron chi connectivity index (χ1n) is 8.86. The van der Waals surface area contributed by atoms with Crippen molar-refractivity contribution in [1.29, 1.82) is 0 Å². The Bertz CT molecular complexity index is 827. The Morgan fingerprint density at radius 1 is 0.880 bits per heavy atom. The van der Waals surface area contributed by atoms with Crippen molar-refractivity contribution < 1.29 is 9.84 Å². The van der Waals surface area contributed by atoms with Crippen LogP contribution >= 0.6 is 0 Å². The van der Waals surface area contributed by atoms with Crippen molar-refractivity contribution in [3.63, 3.8) is 0 Å². The van der Waals surface area contributed by atoms with Crippen molar-refractivity contribution in [2.24, 2.45) is 0 Å². The van der Waals surface area contributed by atoms with Crippen molar-refractivity contribution in [3.8, 4) is 11.5 Å².